The van der Waals surface area contributed by atoms with Gasteiger partial charge in [-0.3, -0.25) is 0 Å². The van der Waals surface area contributed by atoms with E-state index in [-0.39, 0.29) is 0 Å². The molecule has 1 N–H and O–H groups in total. The number of nitrogens with one attached hydrogen (secondary N) is 1. The van der Waals surface area contributed by atoms with Gasteiger partial charge in [-0.25, -0.2) is 0 Å². The third-order valence-electron chi connectivity index (χ3n) is 14.9. The maximum absolute atomic E-state index is 3.92. The van der Waals surface area contributed by atoms with E-state index >= 15 is 0 Å². The fourth-order valence-electron chi connectivity index (χ4n) is 11.5. The van der Waals surface area contributed by atoms with Crippen LogP contribution in [0, 0.1) is 0 Å². The molecule has 13 rings (SSSR count). The Labute approximate surface area is 405 Å². The van der Waals surface area contributed by atoms with Crippen molar-refractivity contribution >= 4 is 27.7 Å². The van der Waals surface area contributed by atoms with E-state index in [0.29, 0.717) is 0 Å². The molecule has 1 heteroatoms. The molecule has 10 aromatic rings. The molecule has 1 saturated carbocycles. The minimum atomic E-state index is -0.530. The Morgan fingerprint density at radius 2 is 0.928 bits per heavy atom. The Morgan fingerprint density at radius 3 is 1.62 bits per heavy atom. The second-order valence-corrected chi connectivity index (χ2v) is 18.8. The summed E-state index contributed by atoms with van der Waals surface area (Å²) < 4.78 is 0. The van der Waals surface area contributed by atoms with Crippen LogP contribution < -0.4 is 5.32 Å². The molecule has 0 heterocycles. The van der Waals surface area contributed by atoms with E-state index in [1.54, 1.807) is 0 Å². The second kappa shape index (κ2) is 16.7. The minimum Gasteiger partial charge on any atom is -0.355 e. The summed E-state index contributed by atoms with van der Waals surface area (Å²) in [7, 11) is 0. The number of hydrogen-bond acceptors (Lipinski definition) is 1. The van der Waals surface area contributed by atoms with Crippen LogP contribution in [-0.2, 0) is 10.8 Å². The van der Waals surface area contributed by atoms with Crippen molar-refractivity contribution < 1.29 is 0 Å². The van der Waals surface area contributed by atoms with Crippen molar-refractivity contribution in [2.75, 3.05) is 5.32 Å². The fraction of sp³-hybridized carbons (Fsp3) is 0.0588. The number of benzene rings is 10. The molecule has 1 fully saturated rings. The second-order valence-electron chi connectivity index (χ2n) is 18.8. The third-order valence-corrected chi connectivity index (χ3v) is 14.9. The van der Waals surface area contributed by atoms with E-state index < -0.39 is 10.8 Å². The lowest BCUT2D eigenvalue weighted by atomic mass is 9.67. The monoisotopic (exact) mass is 879 g/mol. The Balaban J connectivity index is 0.971. The number of allylic oxidation sites excluding steroid dienone is 6. The number of hydrogen-bond donors (Lipinski definition) is 1. The molecule has 0 amide bonds. The predicted octanol–water partition coefficient (Wildman–Crippen LogP) is 17.3. The van der Waals surface area contributed by atoms with Gasteiger partial charge in [-0.1, -0.05) is 242 Å². The van der Waals surface area contributed by atoms with Crippen LogP contribution in [0.15, 0.2) is 273 Å². The van der Waals surface area contributed by atoms with E-state index in [9.17, 15) is 0 Å². The molecule has 1 unspecified atom stereocenters. The first kappa shape index (κ1) is 40.7. The van der Waals surface area contributed by atoms with Gasteiger partial charge in [-0.2, -0.15) is 0 Å². The summed E-state index contributed by atoms with van der Waals surface area (Å²) in [6.07, 6.45) is 11.8. The molecule has 0 radical (unpaired) electrons. The summed E-state index contributed by atoms with van der Waals surface area (Å²) in [6, 6.07) is 89.8. The summed E-state index contributed by atoms with van der Waals surface area (Å²) in [5, 5.41) is 6.42. The van der Waals surface area contributed by atoms with Crippen molar-refractivity contribution in [2.24, 2.45) is 0 Å². The molecule has 1 atom stereocenters. The van der Waals surface area contributed by atoms with E-state index in [1.807, 2.05) is 0 Å². The molecule has 69 heavy (non-hydrogen) atoms. The third kappa shape index (κ3) is 6.84. The van der Waals surface area contributed by atoms with Crippen LogP contribution in [0.25, 0.3) is 49.7 Å². The highest BCUT2D eigenvalue weighted by Crippen LogP contribution is 2.57. The van der Waals surface area contributed by atoms with Crippen LogP contribution in [0.3, 0.4) is 0 Å². The van der Waals surface area contributed by atoms with E-state index in [4.69, 9.17) is 0 Å². The summed E-state index contributed by atoms with van der Waals surface area (Å²) in [4.78, 5) is 0. The molecule has 0 saturated heterocycles. The molecule has 0 bridgehead atoms. The average Bonchev–Trinajstić information content (AvgIpc) is 4.12. The maximum atomic E-state index is 3.92. The van der Waals surface area contributed by atoms with E-state index in [1.165, 1.54) is 102 Å². The van der Waals surface area contributed by atoms with Gasteiger partial charge in [0.1, 0.15) is 0 Å². The van der Waals surface area contributed by atoms with Crippen LogP contribution in [0.2, 0.25) is 0 Å². The van der Waals surface area contributed by atoms with E-state index in [0.717, 1.165) is 22.5 Å². The summed E-state index contributed by atoms with van der Waals surface area (Å²) >= 11 is 0. The first-order valence-corrected chi connectivity index (χ1v) is 24.3. The van der Waals surface area contributed by atoms with Crippen molar-refractivity contribution in [2.45, 2.75) is 23.7 Å². The highest BCUT2D eigenvalue weighted by Gasteiger charge is 2.46. The van der Waals surface area contributed by atoms with Gasteiger partial charge in [0.15, 0.2) is 0 Å². The molecule has 10 aromatic carbocycles. The average molecular weight is 880 g/mol. The van der Waals surface area contributed by atoms with Gasteiger partial charge in [0, 0.05) is 16.9 Å². The highest BCUT2D eigenvalue weighted by atomic mass is 14.9. The van der Waals surface area contributed by atoms with Crippen LogP contribution in [-0.4, -0.2) is 0 Å². The lowest BCUT2D eigenvalue weighted by Gasteiger charge is -2.34. The topological polar surface area (TPSA) is 12.0 Å². The number of fused-ring (bicyclic) bond motifs is 5. The molecule has 0 aliphatic heterocycles. The zero-order valence-electron chi connectivity index (χ0n) is 38.3. The zero-order valence-corrected chi connectivity index (χ0v) is 38.3. The van der Waals surface area contributed by atoms with E-state index in [2.05, 4.69) is 272 Å². The Bertz CT molecular complexity index is 3620. The molecule has 0 spiro atoms. The normalized spacial score (nSPS) is 16.2. The summed E-state index contributed by atoms with van der Waals surface area (Å²) in [6.45, 7) is 0. The predicted molar refractivity (Wildman–Crippen MR) is 289 cm³/mol. The smallest absolute Gasteiger partial charge is 0.0713 e. The lowest BCUT2D eigenvalue weighted by Crippen LogP contribution is -2.28. The van der Waals surface area contributed by atoms with Gasteiger partial charge in [0.2, 0.25) is 0 Å². The van der Waals surface area contributed by atoms with Gasteiger partial charge >= 0.3 is 0 Å². The summed E-state index contributed by atoms with van der Waals surface area (Å²) in [5.41, 5.74) is 21.3. The molecular weight excluding hydrogens is 831 g/mol. The first-order valence-electron chi connectivity index (χ1n) is 24.3. The van der Waals surface area contributed by atoms with Gasteiger partial charge in [0.05, 0.1) is 10.8 Å². The molecule has 0 aromatic heterocycles. The van der Waals surface area contributed by atoms with Crippen molar-refractivity contribution in [3.8, 4) is 33.4 Å². The minimum absolute atomic E-state index is 0.465. The van der Waals surface area contributed by atoms with Crippen molar-refractivity contribution in [1.29, 1.82) is 0 Å². The van der Waals surface area contributed by atoms with Gasteiger partial charge in [-0.15, -0.1) is 0 Å². The maximum Gasteiger partial charge on any atom is 0.0713 e. The molecule has 1 nitrogen and oxygen atoms in total. The quantitative estimate of drug-likeness (QED) is 0.144. The van der Waals surface area contributed by atoms with Crippen LogP contribution in [0.1, 0.15) is 57.3 Å². The van der Waals surface area contributed by atoms with Crippen molar-refractivity contribution in [3.05, 3.63) is 317 Å². The Morgan fingerprint density at radius 1 is 0.377 bits per heavy atom. The van der Waals surface area contributed by atoms with Crippen LogP contribution in [0.4, 0.5) is 11.4 Å². The molecule has 326 valence electrons. The lowest BCUT2D eigenvalue weighted by molar-refractivity contribution is 0.769. The number of rotatable bonds is 10. The Hall–Kier alpha value is -8.52. The number of anilines is 2. The zero-order chi connectivity index (χ0) is 45.8. The SMILES string of the molecule is C(/C=C\C1=CC(c2ccccc2)(c2ccc(-c3cc(C4(c5ccccc5)c5ccccc5-c5ccccc54)ccc3Nc3ccc(-c4ccc5ccccc5c4)cc3)cc2)c2ccccc21)=C1CC1. The fourth-order valence-corrected chi connectivity index (χ4v) is 11.5. The largest absolute Gasteiger partial charge is 0.355 e. The Kier molecular flexibility index (Phi) is 9.84. The standard InChI is InChI=1S/C68H49N/c1-3-20-54(21-4-1)67(46-53(19-15-16-47-30-31-47)59-24-9-12-27-63(59)67)55-38-34-50(35-39-55)62-45-57(68(56-22-5-2-6-23-56)64-28-13-10-25-60(64)61-26-11-14-29-65(61)68)40-43-66(62)69-58-41-36-49(37-42-58)52-33-32-48-17-7-8-18-51(48)44-52/h1-29,32-46,69H,30-31H2/b19-15-. The first-order chi connectivity index (χ1) is 34.2. The summed E-state index contributed by atoms with van der Waals surface area (Å²) in [5.74, 6) is 0. The van der Waals surface area contributed by atoms with Crippen LogP contribution in [0.5, 0.6) is 0 Å². The van der Waals surface area contributed by atoms with Crippen molar-refractivity contribution in [3.63, 3.8) is 0 Å². The van der Waals surface area contributed by atoms with Crippen LogP contribution >= 0.6 is 0 Å². The van der Waals surface area contributed by atoms with Gasteiger partial charge in [-0.05, 0) is 132 Å². The highest BCUT2D eigenvalue weighted by molar-refractivity contribution is 5.91. The molecule has 3 aliphatic rings. The van der Waals surface area contributed by atoms with Crippen molar-refractivity contribution in [1.82, 2.24) is 0 Å². The van der Waals surface area contributed by atoms with Gasteiger partial charge < -0.3 is 5.32 Å². The van der Waals surface area contributed by atoms with Gasteiger partial charge in [0.25, 0.3) is 0 Å². The molecular formula is C68H49N. The molecule has 3 aliphatic carbocycles.